The van der Waals surface area contributed by atoms with Crippen molar-refractivity contribution in [2.75, 3.05) is 19.7 Å². The second kappa shape index (κ2) is 8.33. The highest BCUT2D eigenvalue weighted by atomic mass is 79.9. The van der Waals surface area contributed by atoms with E-state index >= 15 is 0 Å². The molecule has 2 aromatic carbocycles. The van der Waals surface area contributed by atoms with Gasteiger partial charge < -0.3 is 4.74 Å². The van der Waals surface area contributed by atoms with E-state index in [0.29, 0.717) is 18.7 Å². The average molecular weight is 452 g/mol. The summed E-state index contributed by atoms with van der Waals surface area (Å²) < 4.78 is 32.3. The van der Waals surface area contributed by atoms with E-state index < -0.39 is 16.0 Å². The second-order valence-electron chi connectivity index (χ2n) is 6.14. The third-order valence-electron chi connectivity index (χ3n) is 4.29. The van der Waals surface area contributed by atoms with Gasteiger partial charge >= 0.3 is 5.97 Å². The lowest BCUT2D eigenvalue weighted by Crippen LogP contribution is -2.27. The fourth-order valence-electron chi connectivity index (χ4n) is 2.77. The minimum Gasteiger partial charge on any atom is -0.454 e. The van der Waals surface area contributed by atoms with E-state index in [1.54, 1.807) is 24.3 Å². The van der Waals surface area contributed by atoms with Crippen LogP contribution in [0.2, 0.25) is 0 Å². The molecule has 0 spiro atoms. The van der Waals surface area contributed by atoms with E-state index in [4.69, 9.17) is 4.74 Å². The first-order valence-corrected chi connectivity index (χ1v) is 10.7. The number of esters is 1. The van der Waals surface area contributed by atoms with E-state index in [9.17, 15) is 18.0 Å². The Hall–Kier alpha value is -2.03. The van der Waals surface area contributed by atoms with Gasteiger partial charge in [-0.25, -0.2) is 13.2 Å². The quantitative estimate of drug-likeness (QED) is 0.497. The Morgan fingerprint density at radius 2 is 1.48 bits per heavy atom. The highest BCUT2D eigenvalue weighted by molar-refractivity contribution is 9.10. The van der Waals surface area contributed by atoms with Gasteiger partial charge in [0.25, 0.3) is 0 Å². The highest BCUT2D eigenvalue weighted by Gasteiger charge is 2.27. The summed E-state index contributed by atoms with van der Waals surface area (Å²) in [7, 11) is -3.52. The van der Waals surface area contributed by atoms with E-state index in [0.717, 1.165) is 17.3 Å². The van der Waals surface area contributed by atoms with Crippen molar-refractivity contribution in [3.8, 4) is 0 Å². The number of hydrogen-bond donors (Lipinski definition) is 0. The lowest BCUT2D eigenvalue weighted by molar-refractivity contribution is 0.0474. The number of sulfonamides is 1. The van der Waals surface area contributed by atoms with E-state index in [2.05, 4.69) is 15.9 Å². The maximum absolute atomic E-state index is 12.5. The van der Waals surface area contributed by atoms with Gasteiger partial charge in [0.2, 0.25) is 10.0 Å². The van der Waals surface area contributed by atoms with Crippen LogP contribution in [-0.2, 0) is 14.8 Å². The minimum atomic E-state index is -3.52. The molecule has 0 unspecified atom stereocenters. The molecule has 1 aliphatic rings. The molecule has 0 atom stereocenters. The van der Waals surface area contributed by atoms with Crippen LogP contribution in [0, 0.1) is 0 Å². The number of Topliss-reactive ketones (excluding diaryl/α,β-unsaturated/α-hetero) is 1. The van der Waals surface area contributed by atoms with Gasteiger partial charge in [-0.15, -0.1) is 0 Å². The number of ether oxygens (including phenoxy) is 1. The Balaban J connectivity index is 1.62. The molecule has 1 fully saturated rings. The first-order valence-electron chi connectivity index (χ1n) is 8.44. The lowest BCUT2D eigenvalue weighted by Gasteiger charge is -2.15. The van der Waals surface area contributed by atoms with Crippen molar-refractivity contribution < 1.29 is 22.7 Å². The zero-order valence-corrected chi connectivity index (χ0v) is 16.8. The molecular formula is C19H18BrNO5S. The SMILES string of the molecule is O=C(COC(=O)c1ccc(S(=O)(=O)N2CCCC2)cc1)c1ccc(Br)cc1. The van der Waals surface area contributed by atoms with Crippen molar-refractivity contribution in [2.24, 2.45) is 0 Å². The van der Waals surface area contributed by atoms with Crippen molar-refractivity contribution in [3.63, 3.8) is 0 Å². The van der Waals surface area contributed by atoms with Gasteiger partial charge in [0.1, 0.15) is 0 Å². The maximum Gasteiger partial charge on any atom is 0.338 e. The molecule has 0 bridgehead atoms. The molecule has 1 aliphatic heterocycles. The molecule has 3 rings (SSSR count). The summed E-state index contributed by atoms with van der Waals surface area (Å²) in [6.45, 7) is 0.656. The number of benzene rings is 2. The van der Waals surface area contributed by atoms with Crippen molar-refractivity contribution in [1.82, 2.24) is 4.31 Å². The van der Waals surface area contributed by atoms with Crippen LogP contribution in [0.1, 0.15) is 33.6 Å². The molecule has 0 N–H and O–H groups in total. The second-order valence-corrected chi connectivity index (χ2v) is 9.00. The van der Waals surface area contributed by atoms with Crippen LogP contribution in [0.4, 0.5) is 0 Å². The molecule has 27 heavy (non-hydrogen) atoms. The van der Waals surface area contributed by atoms with E-state index in [-0.39, 0.29) is 22.8 Å². The van der Waals surface area contributed by atoms with Gasteiger partial charge in [-0.3, -0.25) is 4.79 Å². The fraction of sp³-hybridized carbons (Fsp3) is 0.263. The van der Waals surface area contributed by atoms with Crippen molar-refractivity contribution in [3.05, 3.63) is 64.1 Å². The number of ketones is 1. The van der Waals surface area contributed by atoms with Crippen LogP contribution in [0.5, 0.6) is 0 Å². The number of halogens is 1. The number of carbonyl (C=O) groups is 2. The summed E-state index contributed by atoms with van der Waals surface area (Å²) in [5.74, 6) is -0.991. The van der Waals surface area contributed by atoms with E-state index in [1.165, 1.54) is 28.6 Å². The van der Waals surface area contributed by atoms with E-state index in [1.807, 2.05) is 0 Å². The summed E-state index contributed by atoms with van der Waals surface area (Å²) in [4.78, 5) is 24.3. The van der Waals surface area contributed by atoms with Crippen LogP contribution in [0.25, 0.3) is 0 Å². The zero-order valence-electron chi connectivity index (χ0n) is 14.4. The van der Waals surface area contributed by atoms with Crippen LogP contribution in [-0.4, -0.2) is 44.2 Å². The summed E-state index contributed by atoms with van der Waals surface area (Å²) in [6, 6.07) is 12.3. The summed E-state index contributed by atoms with van der Waals surface area (Å²) in [5.41, 5.74) is 0.636. The third kappa shape index (κ3) is 4.63. The number of carbonyl (C=O) groups excluding carboxylic acids is 2. The Morgan fingerprint density at radius 1 is 0.926 bits per heavy atom. The molecular weight excluding hydrogens is 434 g/mol. The van der Waals surface area contributed by atoms with Crippen molar-refractivity contribution >= 4 is 37.7 Å². The fourth-order valence-corrected chi connectivity index (χ4v) is 4.56. The zero-order chi connectivity index (χ0) is 19.4. The van der Waals surface area contributed by atoms with Crippen LogP contribution in [0.3, 0.4) is 0 Å². The molecule has 1 heterocycles. The van der Waals surface area contributed by atoms with Crippen LogP contribution < -0.4 is 0 Å². The summed E-state index contributed by atoms with van der Waals surface area (Å²) >= 11 is 3.29. The summed E-state index contributed by atoms with van der Waals surface area (Å²) in [6.07, 6.45) is 1.71. The minimum absolute atomic E-state index is 0.145. The molecule has 2 aromatic rings. The summed E-state index contributed by atoms with van der Waals surface area (Å²) in [5, 5.41) is 0. The van der Waals surface area contributed by atoms with Crippen LogP contribution in [0.15, 0.2) is 57.9 Å². The Bertz CT molecular complexity index is 933. The van der Waals surface area contributed by atoms with Gasteiger partial charge in [0.05, 0.1) is 10.5 Å². The topological polar surface area (TPSA) is 80.8 Å². The highest BCUT2D eigenvalue weighted by Crippen LogP contribution is 2.21. The standard InChI is InChI=1S/C19H18BrNO5S/c20-16-7-3-14(4-8-16)18(22)13-26-19(23)15-5-9-17(10-6-15)27(24,25)21-11-1-2-12-21/h3-10H,1-2,11-13H2. The van der Waals surface area contributed by atoms with Crippen molar-refractivity contribution in [2.45, 2.75) is 17.7 Å². The predicted octanol–water partition coefficient (Wildman–Crippen LogP) is 3.27. The number of nitrogens with zero attached hydrogens (tertiary/aromatic N) is 1. The predicted molar refractivity (Wildman–Crippen MR) is 103 cm³/mol. The van der Waals surface area contributed by atoms with Gasteiger partial charge in [-0.2, -0.15) is 4.31 Å². The monoisotopic (exact) mass is 451 g/mol. The number of rotatable bonds is 6. The van der Waals surface area contributed by atoms with Gasteiger partial charge in [0.15, 0.2) is 12.4 Å². The van der Waals surface area contributed by atoms with Gasteiger partial charge in [0, 0.05) is 23.1 Å². The molecule has 0 saturated carbocycles. The molecule has 1 saturated heterocycles. The average Bonchev–Trinajstić information content (AvgIpc) is 3.22. The smallest absolute Gasteiger partial charge is 0.338 e. The maximum atomic E-state index is 12.5. The molecule has 0 radical (unpaired) electrons. The molecule has 142 valence electrons. The number of hydrogen-bond acceptors (Lipinski definition) is 5. The van der Waals surface area contributed by atoms with Gasteiger partial charge in [-0.05, 0) is 49.2 Å². The largest absolute Gasteiger partial charge is 0.454 e. The first kappa shape index (κ1) is 19.7. The third-order valence-corrected chi connectivity index (χ3v) is 6.73. The molecule has 0 aliphatic carbocycles. The molecule has 8 heteroatoms. The first-order chi connectivity index (χ1) is 12.9. The Kier molecular flexibility index (Phi) is 6.08. The van der Waals surface area contributed by atoms with Gasteiger partial charge in [-0.1, -0.05) is 28.1 Å². The van der Waals surface area contributed by atoms with Crippen molar-refractivity contribution in [1.29, 1.82) is 0 Å². The molecule has 0 aromatic heterocycles. The molecule has 6 nitrogen and oxygen atoms in total. The van der Waals surface area contributed by atoms with Crippen LogP contribution >= 0.6 is 15.9 Å². The Morgan fingerprint density at radius 3 is 2.07 bits per heavy atom. The Labute approximate surface area is 166 Å². The molecule has 0 amide bonds. The lowest BCUT2D eigenvalue weighted by atomic mass is 10.1. The normalized spacial score (nSPS) is 14.9.